The molecule has 0 aliphatic carbocycles. The first-order chi connectivity index (χ1) is 9.43. The number of nitrogens with zero attached hydrogens (tertiary/aromatic N) is 2. The van der Waals surface area contributed by atoms with E-state index in [1.165, 1.54) is 9.80 Å². The Morgan fingerprint density at radius 3 is 2.60 bits per heavy atom. The van der Waals surface area contributed by atoms with Crippen molar-refractivity contribution < 1.29 is 29.6 Å². The highest BCUT2D eigenvalue weighted by Crippen LogP contribution is 2.22. The highest BCUT2D eigenvalue weighted by Gasteiger charge is 2.42. The number of morpholine rings is 1. The van der Waals surface area contributed by atoms with Crippen LogP contribution in [-0.4, -0.2) is 87.7 Å². The minimum absolute atomic E-state index is 0.0175. The van der Waals surface area contributed by atoms with Gasteiger partial charge in [0.15, 0.2) is 0 Å². The number of carboxylic acid groups (broad SMARTS) is 1. The van der Waals surface area contributed by atoms with Gasteiger partial charge in [0, 0.05) is 13.0 Å². The molecule has 0 aromatic carbocycles. The van der Waals surface area contributed by atoms with E-state index >= 15 is 0 Å². The first-order valence-corrected chi connectivity index (χ1v) is 6.64. The molecule has 2 rings (SSSR count). The van der Waals surface area contributed by atoms with Crippen LogP contribution < -0.4 is 0 Å². The largest absolute Gasteiger partial charge is 0.480 e. The summed E-state index contributed by atoms with van der Waals surface area (Å²) < 4.78 is 5.35. The third-order valence-corrected chi connectivity index (χ3v) is 3.76. The normalized spacial score (nSPS) is 34.4. The lowest BCUT2D eigenvalue weighted by Gasteiger charge is -2.40. The number of amides is 2. The first-order valence-electron chi connectivity index (χ1n) is 6.64. The molecular weight excluding hydrogens is 268 g/mol. The third-order valence-electron chi connectivity index (χ3n) is 3.76. The van der Waals surface area contributed by atoms with Crippen molar-refractivity contribution in [3.8, 4) is 0 Å². The van der Waals surface area contributed by atoms with Crippen LogP contribution in [0.3, 0.4) is 0 Å². The molecule has 0 bridgehead atoms. The Kier molecular flexibility index (Phi) is 4.46. The SMILES string of the molecule is CC1COC(CO)CN1C(=O)N1C[C@H](O)C[C@H]1C(=O)O. The molecule has 3 N–H and O–H groups in total. The van der Waals surface area contributed by atoms with Crippen molar-refractivity contribution in [2.45, 2.75) is 37.6 Å². The number of hydrogen-bond donors (Lipinski definition) is 3. The lowest BCUT2D eigenvalue weighted by Crippen LogP contribution is -2.57. The van der Waals surface area contributed by atoms with Gasteiger partial charge in [-0.3, -0.25) is 0 Å². The fourth-order valence-electron chi connectivity index (χ4n) is 2.62. The molecule has 2 fully saturated rings. The van der Waals surface area contributed by atoms with Crippen molar-refractivity contribution in [1.29, 1.82) is 0 Å². The van der Waals surface area contributed by atoms with Crippen molar-refractivity contribution in [1.82, 2.24) is 9.80 Å². The van der Waals surface area contributed by atoms with E-state index in [4.69, 9.17) is 14.9 Å². The number of likely N-dealkylation sites (tertiary alicyclic amines) is 1. The number of hydrogen-bond acceptors (Lipinski definition) is 5. The zero-order valence-corrected chi connectivity index (χ0v) is 11.3. The Bertz CT molecular complexity index is 390. The fraction of sp³-hybridized carbons (Fsp3) is 0.833. The Morgan fingerprint density at radius 1 is 1.30 bits per heavy atom. The molecule has 8 heteroatoms. The minimum Gasteiger partial charge on any atom is -0.480 e. The van der Waals surface area contributed by atoms with Gasteiger partial charge in [-0.05, 0) is 6.92 Å². The number of carbonyl (C=O) groups excluding carboxylic acids is 1. The third kappa shape index (κ3) is 2.87. The average Bonchev–Trinajstić information content (AvgIpc) is 2.81. The summed E-state index contributed by atoms with van der Waals surface area (Å²) in [4.78, 5) is 26.3. The summed E-state index contributed by atoms with van der Waals surface area (Å²) in [5.41, 5.74) is 0. The van der Waals surface area contributed by atoms with Gasteiger partial charge < -0.3 is 29.9 Å². The van der Waals surface area contributed by atoms with Gasteiger partial charge in [-0.2, -0.15) is 0 Å². The lowest BCUT2D eigenvalue weighted by molar-refractivity contribution is -0.141. The summed E-state index contributed by atoms with van der Waals surface area (Å²) in [5, 5.41) is 27.8. The average molecular weight is 288 g/mol. The maximum Gasteiger partial charge on any atom is 0.326 e. The van der Waals surface area contributed by atoms with E-state index < -0.39 is 30.3 Å². The van der Waals surface area contributed by atoms with E-state index in [9.17, 15) is 14.7 Å². The molecule has 8 nitrogen and oxygen atoms in total. The van der Waals surface area contributed by atoms with Crippen LogP contribution in [0.5, 0.6) is 0 Å². The van der Waals surface area contributed by atoms with Gasteiger partial charge in [-0.1, -0.05) is 0 Å². The number of carboxylic acids is 1. The van der Waals surface area contributed by atoms with Gasteiger partial charge in [-0.15, -0.1) is 0 Å². The number of aliphatic hydroxyl groups is 2. The molecule has 0 radical (unpaired) electrons. The van der Waals surface area contributed by atoms with E-state index in [1.54, 1.807) is 6.92 Å². The van der Waals surface area contributed by atoms with Gasteiger partial charge in [0.05, 0.1) is 38.0 Å². The van der Waals surface area contributed by atoms with Crippen LogP contribution >= 0.6 is 0 Å². The van der Waals surface area contributed by atoms with E-state index in [0.29, 0.717) is 6.61 Å². The second-order valence-electron chi connectivity index (χ2n) is 5.32. The molecule has 0 aromatic heterocycles. The molecule has 0 aromatic rings. The summed E-state index contributed by atoms with van der Waals surface area (Å²) in [6, 6.07) is -1.62. The quantitative estimate of drug-likeness (QED) is 0.583. The van der Waals surface area contributed by atoms with Crippen LogP contribution in [-0.2, 0) is 9.53 Å². The molecule has 2 aliphatic rings. The number of urea groups is 1. The van der Waals surface area contributed by atoms with Gasteiger partial charge in [0.1, 0.15) is 6.04 Å². The highest BCUT2D eigenvalue weighted by molar-refractivity contribution is 5.83. The summed E-state index contributed by atoms with van der Waals surface area (Å²) in [6.45, 7) is 2.14. The van der Waals surface area contributed by atoms with Gasteiger partial charge in [0.2, 0.25) is 0 Å². The number of rotatable bonds is 2. The van der Waals surface area contributed by atoms with Crippen LogP contribution in [0.2, 0.25) is 0 Å². The summed E-state index contributed by atoms with van der Waals surface area (Å²) in [5.74, 6) is -1.12. The Labute approximate surface area is 116 Å². The molecule has 2 heterocycles. The van der Waals surface area contributed by atoms with Crippen LogP contribution in [0, 0.1) is 0 Å². The van der Waals surface area contributed by atoms with E-state index in [1.807, 2.05) is 0 Å². The lowest BCUT2D eigenvalue weighted by atomic mass is 10.2. The maximum absolute atomic E-state index is 12.5. The highest BCUT2D eigenvalue weighted by atomic mass is 16.5. The van der Waals surface area contributed by atoms with Crippen LogP contribution in [0.25, 0.3) is 0 Å². The van der Waals surface area contributed by atoms with Crippen molar-refractivity contribution in [2.75, 3.05) is 26.3 Å². The number of aliphatic hydroxyl groups excluding tert-OH is 2. The number of ether oxygens (including phenoxy) is 1. The molecule has 20 heavy (non-hydrogen) atoms. The van der Waals surface area contributed by atoms with Crippen molar-refractivity contribution in [3.05, 3.63) is 0 Å². The molecule has 2 aliphatic heterocycles. The summed E-state index contributed by atoms with van der Waals surface area (Å²) in [6.07, 6.45) is -1.22. The van der Waals surface area contributed by atoms with Crippen LogP contribution in [0.1, 0.15) is 13.3 Å². The zero-order chi connectivity index (χ0) is 14.9. The fourth-order valence-corrected chi connectivity index (χ4v) is 2.62. The summed E-state index contributed by atoms with van der Waals surface area (Å²) >= 11 is 0. The monoisotopic (exact) mass is 288 g/mol. The molecule has 2 unspecified atom stereocenters. The van der Waals surface area contributed by atoms with Crippen molar-refractivity contribution in [3.63, 3.8) is 0 Å². The van der Waals surface area contributed by atoms with Crippen molar-refractivity contribution >= 4 is 12.0 Å². The summed E-state index contributed by atoms with van der Waals surface area (Å²) in [7, 11) is 0. The smallest absolute Gasteiger partial charge is 0.326 e. The predicted molar refractivity (Wildman–Crippen MR) is 67.1 cm³/mol. The molecule has 0 spiro atoms. The molecule has 2 amide bonds. The van der Waals surface area contributed by atoms with E-state index in [0.717, 1.165) is 0 Å². The number of carbonyl (C=O) groups is 2. The van der Waals surface area contributed by atoms with Crippen LogP contribution in [0.4, 0.5) is 4.79 Å². The van der Waals surface area contributed by atoms with E-state index in [2.05, 4.69) is 0 Å². The zero-order valence-electron chi connectivity index (χ0n) is 11.3. The molecule has 0 saturated carbocycles. The topological polar surface area (TPSA) is 111 Å². The second kappa shape index (κ2) is 5.94. The standard InChI is InChI=1S/C12H20N2O6/c1-7-6-20-9(5-15)4-13(7)12(19)14-3-8(16)2-10(14)11(17)18/h7-10,15-16H,2-6H2,1H3,(H,17,18)/t7?,8-,9?,10+/m1/s1. The van der Waals surface area contributed by atoms with Gasteiger partial charge in [-0.25, -0.2) is 9.59 Å². The van der Waals surface area contributed by atoms with Gasteiger partial charge >= 0.3 is 12.0 Å². The predicted octanol–water partition coefficient (Wildman–Crippen LogP) is -1.29. The number of β-amino-alcohol motifs (C(OH)–C–C–N with tert-alkyl or cyclic N) is 1. The first kappa shape index (κ1) is 15.0. The Balaban J connectivity index is 2.10. The van der Waals surface area contributed by atoms with E-state index in [-0.39, 0.29) is 32.2 Å². The maximum atomic E-state index is 12.5. The number of aliphatic carboxylic acids is 1. The Hall–Kier alpha value is -1.38. The van der Waals surface area contributed by atoms with Crippen molar-refractivity contribution in [2.24, 2.45) is 0 Å². The molecule has 4 atom stereocenters. The minimum atomic E-state index is -1.12. The molecular formula is C12H20N2O6. The van der Waals surface area contributed by atoms with Crippen LogP contribution in [0.15, 0.2) is 0 Å². The second-order valence-corrected chi connectivity index (χ2v) is 5.32. The van der Waals surface area contributed by atoms with Gasteiger partial charge in [0.25, 0.3) is 0 Å². The molecule has 114 valence electrons. The Morgan fingerprint density at radius 2 is 2.00 bits per heavy atom. The molecule has 2 saturated heterocycles.